The topological polar surface area (TPSA) is 85.1 Å². The maximum atomic E-state index is 12.8. The van der Waals surface area contributed by atoms with Crippen molar-refractivity contribution in [3.63, 3.8) is 0 Å². The fourth-order valence-electron chi connectivity index (χ4n) is 1.66. The first-order valence-corrected chi connectivity index (χ1v) is 7.41. The molecule has 1 aromatic carbocycles. The molecule has 0 aliphatic carbocycles. The van der Waals surface area contributed by atoms with E-state index in [9.17, 15) is 22.2 Å². The van der Waals surface area contributed by atoms with Crippen LogP contribution in [0.5, 0.6) is 0 Å². The van der Waals surface area contributed by atoms with Gasteiger partial charge in [0.15, 0.2) is 0 Å². The Labute approximate surface area is 125 Å². The SMILES string of the molecule is Cc1nonc1NC(=O)c1ccc(C(F)(F)F)c(S(C)=O)c1. The third-order valence-electron chi connectivity index (χ3n) is 2.74. The average molecular weight is 333 g/mol. The molecule has 2 rings (SSSR count). The summed E-state index contributed by atoms with van der Waals surface area (Å²) in [5.74, 6) is -0.650. The van der Waals surface area contributed by atoms with Crippen LogP contribution in [0.4, 0.5) is 19.0 Å². The van der Waals surface area contributed by atoms with Gasteiger partial charge in [0, 0.05) is 11.8 Å². The van der Waals surface area contributed by atoms with Crippen molar-refractivity contribution in [2.45, 2.75) is 18.0 Å². The number of carbonyl (C=O) groups excluding carboxylic acids is 1. The van der Waals surface area contributed by atoms with Crippen LogP contribution in [-0.2, 0) is 17.0 Å². The molecule has 1 atom stereocenters. The average Bonchev–Trinajstić information content (AvgIpc) is 2.82. The first-order chi connectivity index (χ1) is 10.2. The monoisotopic (exact) mass is 333 g/mol. The molecule has 2 aromatic rings. The van der Waals surface area contributed by atoms with Crippen molar-refractivity contribution in [2.24, 2.45) is 0 Å². The first-order valence-electron chi connectivity index (χ1n) is 5.85. The molecular formula is C12H10F3N3O3S. The number of nitrogens with one attached hydrogen (secondary N) is 1. The van der Waals surface area contributed by atoms with Gasteiger partial charge in [0.2, 0.25) is 5.82 Å². The van der Waals surface area contributed by atoms with Crippen molar-refractivity contribution in [1.82, 2.24) is 10.3 Å². The van der Waals surface area contributed by atoms with E-state index in [4.69, 9.17) is 0 Å². The molecule has 0 aliphatic heterocycles. The summed E-state index contributed by atoms with van der Waals surface area (Å²) in [6, 6.07) is 2.66. The summed E-state index contributed by atoms with van der Waals surface area (Å²) in [5.41, 5.74) is -0.802. The van der Waals surface area contributed by atoms with Crippen LogP contribution >= 0.6 is 0 Å². The van der Waals surface area contributed by atoms with Crippen LogP contribution in [0, 0.1) is 6.92 Å². The summed E-state index contributed by atoms with van der Waals surface area (Å²) in [6.07, 6.45) is -3.54. The van der Waals surface area contributed by atoms with E-state index >= 15 is 0 Å². The number of anilines is 1. The van der Waals surface area contributed by atoms with Crippen LogP contribution in [-0.4, -0.2) is 26.7 Å². The Bertz CT molecular complexity index is 743. The van der Waals surface area contributed by atoms with Gasteiger partial charge < -0.3 is 5.32 Å². The molecule has 0 saturated heterocycles. The molecule has 118 valence electrons. The molecule has 0 aliphatic rings. The smallest absolute Gasteiger partial charge is 0.302 e. The quantitative estimate of drug-likeness (QED) is 0.932. The predicted octanol–water partition coefficient (Wildman–Crippen LogP) is 2.39. The standard InChI is InChI=1S/C12H10F3N3O3S/c1-6-10(18-21-17-6)16-11(19)7-3-4-8(12(13,14)15)9(5-7)22(2)20/h3-5H,1-2H3,(H,16,18,19). The van der Waals surface area contributed by atoms with Crippen LogP contribution < -0.4 is 5.32 Å². The third-order valence-corrected chi connectivity index (χ3v) is 3.70. The minimum absolute atomic E-state index is 0.0593. The van der Waals surface area contributed by atoms with Gasteiger partial charge in [0.25, 0.3) is 5.91 Å². The lowest BCUT2D eigenvalue weighted by molar-refractivity contribution is -0.139. The minimum atomic E-state index is -4.65. The molecule has 1 N–H and O–H groups in total. The van der Waals surface area contributed by atoms with Crippen LogP contribution in [0.1, 0.15) is 21.6 Å². The molecule has 1 heterocycles. The lowest BCUT2D eigenvalue weighted by Gasteiger charge is -2.12. The molecule has 6 nitrogen and oxygen atoms in total. The van der Waals surface area contributed by atoms with E-state index in [0.717, 1.165) is 24.5 Å². The summed E-state index contributed by atoms with van der Waals surface area (Å²) in [7, 11) is -1.90. The highest BCUT2D eigenvalue weighted by Crippen LogP contribution is 2.33. The second kappa shape index (κ2) is 5.87. The number of carbonyl (C=O) groups is 1. The van der Waals surface area contributed by atoms with E-state index in [1.807, 2.05) is 0 Å². The van der Waals surface area contributed by atoms with Crippen LogP contribution in [0.15, 0.2) is 27.7 Å². The van der Waals surface area contributed by atoms with Crippen molar-refractivity contribution < 1.29 is 26.8 Å². The van der Waals surface area contributed by atoms with Crippen LogP contribution in [0.25, 0.3) is 0 Å². The largest absolute Gasteiger partial charge is 0.417 e. The second-order valence-corrected chi connectivity index (χ2v) is 5.66. The van der Waals surface area contributed by atoms with E-state index in [-0.39, 0.29) is 11.4 Å². The van der Waals surface area contributed by atoms with Gasteiger partial charge in [-0.2, -0.15) is 13.2 Å². The Balaban J connectivity index is 2.37. The number of aryl methyl sites for hydroxylation is 1. The number of hydrogen-bond acceptors (Lipinski definition) is 5. The summed E-state index contributed by atoms with van der Waals surface area (Å²) in [4.78, 5) is 11.5. The molecule has 22 heavy (non-hydrogen) atoms. The first kappa shape index (κ1) is 16.1. The maximum absolute atomic E-state index is 12.8. The zero-order valence-corrected chi connectivity index (χ0v) is 12.2. The normalized spacial score (nSPS) is 13.0. The van der Waals surface area contributed by atoms with Crippen molar-refractivity contribution in [2.75, 3.05) is 11.6 Å². The van der Waals surface area contributed by atoms with Gasteiger partial charge in [0.1, 0.15) is 5.69 Å². The molecule has 1 amide bonds. The minimum Gasteiger partial charge on any atom is -0.302 e. The van der Waals surface area contributed by atoms with Gasteiger partial charge in [-0.05, 0) is 30.3 Å². The molecule has 10 heteroatoms. The van der Waals surface area contributed by atoms with Gasteiger partial charge in [-0.25, -0.2) is 4.63 Å². The number of amides is 1. The van der Waals surface area contributed by atoms with E-state index < -0.39 is 33.3 Å². The number of rotatable bonds is 3. The fourth-order valence-corrected chi connectivity index (χ4v) is 2.45. The van der Waals surface area contributed by atoms with Crippen LogP contribution in [0.2, 0.25) is 0 Å². The lowest BCUT2D eigenvalue weighted by Crippen LogP contribution is -2.16. The van der Waals surface area contributed by atoms with Gasteiger partial charge in [-0.1, -0.05) is 5.16 Å². The zero-order chi connectivity index (χ0) is 16.5. The highest BCUT2D eigenvalue weighted by atomic mass is 32.2. The molecular weight excluding hydrogens is 323 g/mol. The lowest BCUT2D eigenvalue weighted by atomic mass is 10.1. The Morgan fingerprint density at radius 1 is 1.32 bits per heavy atom. The van der Waals surface area contributed by atoms with Gasteiger partial charge >= 0.3 is 6.18 Å². The van der Waals surface area contributed by atoms with E-state index in [1.54, 1.807) is 0 Å². The highest BCUT2D eigenvalue weighted by molar-refractivity contribution is 7.84. The van der Waals surface area contributed by atoms with E-state index in [2.05, 4.69) is 20.3 Å². The Hall–Kier alpha value is -2.23. The Morgan fingerprint density at radius 2 is 2.00 bits per heavy atom. The van der Waals surface area contributed by atoms with Crippen molar-refractivity contribution in [3.8, 4) is 0 Å². The number of aromatic nitrogens is 2. The number of alkyl halides is 3. The Kier molecular flexibility index (Phi) is 4.31. The molecule has 1 unspecified atom stereocenters. The molecule has 0 saturated carbocycles. The Morgan fingerprint density at radius 3 is 2.50 bits per heavy atom. The highest BCUT2D eigenvalue weighted by Gasteiger charge is 2.34. The fraction of sp³-hybridized carbons (Fsp3) is 0.250. The molecule has 0 spiro atoms. The maximum Gasteiger partial charge on any atom is 0.417 e. The van der Waals surface area contributed by atoms with E-state index in [1.165, 1.54) is 6.92 Å². The molecule has 1 aromatic heterocycles. The number of halogens is 3. The van der Waals surface area contributed by atoms with Crippen LogP contribution in [0.3, 0.4) is 0 Å². The summed E-state index contributed by atoms with van der Waals surface area (Å²) in [6.45, 7) is 1.53. The second-order valence-electron chi connectivity index (χ2n) is 4.32. The van der Waals surface area contributed by atoms with Crippen molar-refractivity contribution in [3.05, 3.63) is 35.0 Å². The third kappa shape index (κ3) is 3.32. The van der Waals surface area contributed by atoms with Gasteiger partial charge in [-0.3, -0.25) is 9.00 Å². The van der Waals surface area contributed by atoms with E-state index in [0.29, 0.717) is 5.69 Å². The zero-order valence-electron chi connectivity index (χ0n) is 11.4. The van der Waals surface area contributed by atoms with Crippen molar-refractivity contribution in [1.29, 1.82) is 0 Å². The predicted molar refractivity (Wildman–Crippen MR) is 70.8 cm³/mol. The van der Waals surface area contributed by atoms with Gasteiger partial charge in [0.05, 0.1) is 21.3 Å². The number of benzene rings is 1. The molecule has 0 bridgehead atoms. The van der Waals surface area contributed by atoms with Crippen molar-refractivity contribution >= 4 is 22.5 Å². The molecule has 0 fully saturated rings. The number of nitrogens with zero attached hydrogens (tertiary/aromatic N) is 2. The summed E-state index contributed by atoms with van der Waals surface area (Å²) >= 11 is 0. The molecule has 0 radical (unpaired) electrons. The number of hydrogen-bond donors (Lipinski definition) is 1. The summed E-state index contributed by atoms with van der Waals surface area (Å²) in [5, 5.41) is 9.24. The summed E-state index contributed by atoms with van der Waals surface area (Å²) < 4.78 is 54.4. The van der Waals surface area contributed by atoms with Gasteiger partial charge in [-0.15, -0.1) is 0 Å².